The van der Waals surface area contributed by atoms with E-state index < -0.39 is 0 Å². The highest BCUT2D eigenvalue weighted by Crippen LogP contribution is 2.35. The molecule has 1 aromatic heterocycles. The molecular formula is C20H15NO. The third-order valence-corrected chi connectivity index (χ3v) is 3.58. The van der Waals surface area contributed by atoms with E-state index in [1.807, 2.05) is 60.7 Å². The van der Waals surface area contributed by atoms with E-state index in [2.05, 4.69) is 11.6 Å². The fourth-order valence-corrected chi connectivity index (χ4v) is 2.48. The van der Waals surface area contributed by atoms with Crippen LogP contribution in [0.3, 0.4) is 0 Å². The van der Waals surface area contributed by atoms with Crippen LogP contribution in [0.2, 0.25) is 0 Å². The van der Waals surface area contributed by atoms with Gasteiger partial charge in [0.2, 0.25) is 0 Å². The molecule has 0 bridgehead atoms. The number of rotatable bonds is 1. The number of pyridine rings is 1. The lowest BCUT2D eigenvalue weighted by Gasteiger charge is -1.96. The molecule has 2 aromatic carbocycles. The van der Waals surface area contributed by atoms with Gasteiger partial charge in [0.1, 0.15) is 0 Å². The SMILES string of the molecule is C=Cc1ccncc1.O=C1c2ccccc2-c2ccccc21. The maximum Gasteiger partial charge on any atom is 0.194 e. The summed E-state index contributed by atoms with van der Waals surface area (Å²) in [6.07, 6.45) is 5.29. The molecule has 4 rings (SSSR count). The van der Waals surface area contributed by atoms with E-state index in [4.69, 9.17) is 0 Å². The summed E-state index contributed by atoms with van der Waals surface area (Å²) in [7, 11) is 0. The normalized spacial score (nSPS) is 11.0. The topological polar surface area (TPSA) is 30.0 Å². The minimum atomic E-state index is 0.149. The second kappa shape index (κ2) is 6.19. The average molecular weight is 285 g/mol. The zero-order valence-corrected chi connectivity index (χ0v) is 12.1. The first kappa shape index (κ1) is 14.0. The number of nitrogens with zero attached hydrogens (tertiary/aromatic N) is 1. The van der Waals surface area contributed by atoms with Crippen molar-refractivity contribution in [3.63, 3.8) is 0 Å². The number of ketones is 1. The van der Waals surface area contributed by atoms with Crippen LogP contribution in [0.15, 0.2) is 79.6 Å². The number of benzene rings is 2. The van der Waals surface area contributed by atoms with Gasteiger partial charge in [-0.1, -0.05) is 61.2 Å². The van der Waals surface area contributed by atoms with Gasteiger partial charge < -0.3 is 0 Å². The summed E-state index contributed by atoms with van der Waals surface area (Å²) in [6.45, 7) is 3.60. The van der Waals surface area contributed by atoms with E-state index in [0.29, 0.717) is 0 Å². The maximum absolute atomic E-state index is 11.9. The van der Waals surface area contributed by atoms with Gasteiger partial charge in [-0.05, 0) is 28.8 Å². The van der Waals surface area contributed by atoms with Gasteiger partial charge in [-0.3, -0.25) is 9.78 Å². The fourth-order valence-electron chi connectivity index (χ4n) is 2.48. The van der Waals surface area contributed by atoms with E-state index in [0.717, 1.165) is 27.8 Å². The van der Waals surface area contributed by atoms with Gasteiger partial charge in [-0.25, -0.2) is 0 Å². The highest BCUT2D eigenvalue weighted by Gasteiger charge is 2.24. The Morgan fingerprint density at radius 3 is 1.59 bits per heavy atom. The monoisotopic (exact) mass is 285 g/mol. The molecule has 0 N–H and O–H groups in total. The summed E-state index contributed by atoms with van der Waals surface area (Å²) in [6, 6.07) is 19.3. The molecule has 1 aliphatic carbocycles. The molecule has 0 saturated heterocycles. The van der Waals surface area contributed by atoms with Crippen LogP contribution in [0.5, 0.6) is 0 Å². The Bertz CT molecular complexity index is 774. The van der Waals surface area contributed by atoms with Crippen molar-refractivity contribution in [1.82, 2.24) is 4.98 Å². The van der Waals surface area contributed by atoms with Crippen molar-refractivity contribution in [2.24, 2.45) is 0 Å². The van der Waals surface area contributed by atoms with Crippen LogP contribution in [0.1, 0.15) is 21.5 Å². The summed E-state index contributed by atoms with van der Waals surface area (Å²) in [4.78, 5) is 15.7. The summed E-state index contributed by atoms with van der Waals surface area (Å²) < 4.78 is 0. The molecule has 2 heteroatoms. The minimum Gasteiger partial charge on any atom is -0.289 e. The first-order chi connectivity index (χ1) is 10.8. The molecule has 0 radical (unpaired) electrons. The first-order valence-corrected chi connectivity index (χ1v) is 7.07. The maximum atomic E-state index is 11.9. The van der Waals surface area contributed by atoms with Crippen molar-refractivity contribution < 1.29 is 4.79 Å². The number of aromatic nitrogens is 1. The minimum absolute atomic E-state index is 0.149. The van der Waals surface area contributed by atoms with Crippen molar-refractivity contribution >= 4 is 11.9 Å². The van der Waals surface area contributed by atoms with Gasteiger partial charge in [0.05, 0.1) is 0 Å². The average Bonchev–Trinajstić information content (AvgIpc) is 2.90. The molecule has 106 valence electrons. The molecule has 0 amide bonds. The number of carbonyl (C=O) groups excluding carboxylic acids is 1. The third-order valence-electron chi connectivity index (χ3n) is 3.58. The Labute approximate surface area is 129 Å². The molecular weight excluding hydrogens is 270 g/mol. The smallest absolute Gasteiger partial charge is 0.194 e. The summed E-state index contributed by atoms with van der Waals surface area (Å²) in [5, 5.41) is 0. The van der Waals surface area contributed by atoms with E-state index in [9.17, 15) is 4.79 Å². The van der Waals surface area contributed by atoms with Crippen LogP contribution < -0.4 is 0 Å². The molecule has 1 aliphatic rings. The van der Waals surface area contributed by atoms with Gasteiger partial charge in [-0.2, -0.15) is 0 Å². The Hall–Kier alpha value is -3.00. The Morgan fingerprint density at radius 1 is 0.727 bits per heavy atom. The molecule has 0 atom stereocenters. The number of hydrogen-bond donors (Lipinski definition) is 0. The largest absolute Gasteiger partial charge is 0.289 e. The second-order valence-corrected chi connectivity index (χ2v) is 4.90. The molecule has 0 aliphatic heterocycles. The van der Waals surface area contributed by atoms with Crippen molar-refractivity contribution in [1.29, 1.82) is 0 Å². The summed E-state index contributed by atoms with van der Waals surface area (Å²) >= 11 is 0. The van der Waals surface area contributed by atoms with Gasteiger partial charge in [-0.15, -0.1) is 0 Å². The Balaban J connectivity index is 0.000000154. The highest BCUT2D eigenvalue weighted by atomic mass is 16.1. The standard InChI is InChI=1S/C13H8O.C7H7N/c14-13-11-7-3-1-5-9(11)10-6-2-4-8-12(10)13;1-2-7-3-5-8-6-4-7/h1-8H;2-6H,1H2. The summed E-state index contributed by atoms with van der Waals surface area (Å²) in [5.74, 6) is 0.149. The third kappa shape index (κ3) is 2.59. The summed E-state index contributed by atoms with van der Waals surface area (Å²) in [5.41, 5.74) is 4.89. The van der Waals surface area contributed by atoms with Gasteiger partial charge in [0, 0.05) is 23.5 Å². The van der Waals surface area contributed by atoms with Crippen LogP contribution in [0.25, 0.3) is 17.2 Å². The van der Waals surface area contributed by atoms with E-state index in [1.165, 1.54) is 0 Å². The van der Waals surface area contributed by atoms with Crippen molar-refractivity contribution in [2.45, 2.75) is 0 Å². The number of fused-ring (bicyclic) bond motifs is 3. The van der Waals surface area contributed by atoms with Crippen LogP contribution in [0, 0.1) is 0 Å². The van der Waals surface area contributed by atoms with E-state index in [1.54, 1.807) is 18.5 Å². The van der Waals surface area contributed by atoms with Crippen LogP contribution >= 0.6 is 0 Å². The van der Waals surface area contributed by atoms with Crippen LogP contribution in [0.4, 0.5) is 0 Å². The lowest BCUT2D eigenvalue weighted by molar-refractivity contribution is 0.104. The van der Waals surface area contributed by atoms with Crippen molar-refractivity contribution in [3.05, 3.63) is 96.3 Å². The number of hydrogen-bond acceptors (Lipinski definition) is 2. The second-order valence-electron chi connectivity index (χ2n) is 4.90. The van der Waals surface area contributed by atoms with E-state index in [-0.39, 0.29) is 5.78 Å². The van der Waals surface area contributed by atoms with Crippen molar-refractivity contribution in [3.8, 4) is 11.1 Å². The van der Waals surface area contributed by atoms with Gasteiger partial charge >= 0.3 is 0 Å². The molecule has 0 spiro atoms. The Kier molecular flexibility index (Phi) is 3.92. The van der Waals surface area contributed by atoms with E-state index >= 15 is 0 Å². The Morgan fingerprint density at radius 2 is 1.18 bits per heavy atom. The molecule has 22 heavy (non-hydrogen) atoms. The fraction of sp³-hybridized carbons (Fsp3) is 0. The lowest BCUT2D eigenvalue weighted by Crippen LogP contribution is -1.93. The molecule has 1 heterocycles. The molecule has 3 aromatic rings. The quantitative estimate of drug-likeness (QED) is 0.510. The molecule has 0 unspecified atom stereocenters. The predicted octanol–water partition coefficient (Wildman–Crippen LogP) is 4.62. The van der Waals surface area contributed by atoms with Gasteiger partial charge in [0.15, 0.2) is 5.78 Å². The molecule has 2 nitrogen and oxygen atoms in total. The first-order valence-electron chi connectivity index (χ1n) is 7.07. The number of carbonyl (C=O) groups is 1. The van der Waals surface area contributed by atoms with Crippen LogP contribution in [-0.4, -0.2) is 10.8 Å². The molecule has 0 fully saturated rings. The zero-order chi connectivity index (χ0) is 15.4. The van der Waals surface area contributed by atoms with Crippen LogP contribution in [-0.2, 0) is 0 Å². The predicted molar refractivity (Wildman–Crippen MR) is 89.6 cm³/mol. The highest BCUT2D eigenvalue weighted by molar-refractivity contribution is 6.21. The van der Waals surface area contributed by atoms with Gasteiger partial charge in [0.25, 0.3) is 0 Å². The molecule has 0 saturated carbocycles. The zero-order valence-electron chi connectivity index (χ0n) is 12.1. The lowest BCUT2D eigenvalue weighted by atomic mass is 10.1. The van der Waals surface area contributed by atoms with Crippen molar-refractivity contribution in [2.75, 3.05) is 0 Å².